The van der Waals surface area contributed by atoms with Gasteiger partial charge in [-0.2, -0.15) is 0 Å². The van der Waals surface area contributed by atoms with E-state index in [0.29, 0.717) is 11.5 Å². The van der Waals surface area contributed by atoms with Crippen LogP contribution in [0.2, 0.25) is 0 Å². The molecule has 106 valence electrons. The second-order valence-electron chi connectivity index (χ2n) is 6.54. The molecule has 1 aromatic carbocycles. The average molecular weight is 260 g/mol. The number of hydrogen-bond donors (Lipinski definition) is 1. The zero-order chi connectivity index (χ0) is 13.7. The maximum Gasteiger partial charge on any atom is 0.0472 e. The van der Waals surface area contributed by atoms with Gasteiger partial charge < -0.3 is 5.32 Å². The van der Waals surface area contributed by atoms with Crippen molar-refractivity contribution in [2.45, 2.75) is 39.2 Å². The van der Waals surface area contributed by atoms with E-state index in [0.717, 1.165) is 6.54 Å². The van der Waals surface area contributed by atoms with Crippen LogP contribution in [-0.2, 0) is 0 Å². The largest absolute Gasteiger partial charge is 0.318 e. The van der Waals surface area contributed by atoms with E-state index >= 15 is 0 Å². The molecule has 0 spiro atoms. The molecule has 0 bridgehead atoms. The smallest absolute Gasteiger partial charge is 0.0472 e. The molecule has 1 saturated heterocycles. The second kappa shape index (κ2) is 6.53. The number of hydrogen-bond acceptors (Lipinski definition) is 2. The first-order chi connectivity index (χ1) is 9.12. The van der Waals surface area contributed by atoms with Gasteiger partial charge in [0.05, 0.1) is 0 Å². The van der Waals surface area contributed by atoms with E-state index in [9.17, 15) is 0 Å². The van der Waals surface area contributed by atoms with Crippen molar-refractivity contribution in [1.29, 1.82) is 0 Å². The Labute approximate surface area is 118 Å². The summed E-state index contributed by atoms with van der Waals surface area (Å²) in [5.74, 6) is 0. The number of nitrogens with one attached hydrogen (secondary N) is 1. The molecule has 0 saturated carbocycles. The third kappa shape index (κ3) is 4.05. The molecule has 1 heterocycles. The Balaban J connectivity index is 2.11. The van der Waals surface area contributed by atoms with Crippen molar-refractivity contribution < 1.29 is 0 Å². The fourth-order valence-electron chi connectivity index (χ4n) is 3.08. The van der Waals surface area contributed by atoms with Crippen LogP contribution in [0.15, 0.2) is 30.3 Å². The minimum absolute atomic E-state index is 0.510. The van der Waals surface area contributed by atoms with Crippen molar-refractivity contribution in [3.05, 3.63) is 35.9 Å². The first-order valence-electron chi connectivity index (χ1n) is 7.56. The molecule has 2 nitrogen and oxygen atoms in total. The third-order valence-electron chi connectivity index (χ3n) is 4.40. The van der Waals surface area contributed by atoms with Crippen molar-refractivity contribution in [2.75, 3.05) is 26.7 Å². The van der Waals surface area contributed by atoms with E-state index in [1.54, 1.807) is 0 Å². The molecule has 1 aromatic rings. The molecule has 19 heavy (non-hydrogen) atoms. The Hall–Kier alpha value is -0.860. The van der Waals surface area contributed by atoms with Crippen LogP contribution in [0, 0.1) is 5.41 Å². The number of nitrogens with zero attached hydrogens (tertiary/aromatic N) is 1. The van der Waals surface area contributed by atoms with E-state index in [4.69, 9.17) is 0 Å². The van der Waals surface area contributed by atoms with Gasteiger partial charge >= 0.3 is 0 Å². The van der Waals surface area contributed by atoms with Gasteiger partial charge in [0.1, 0.15) is 0 Å². The lowest BCUT2D eigenvalue weighted by molar-refractivity contribution is 0.193. The molecular formula is C17H28N2. The maximum atomic E-state index is 3.36. The minimum atomic E-state index is 0.510. The molecule has 0 radical (unpaired) electrons. The van der Waals surface area contributed by atoms with Crippen molar-refractivity contribution in [1.82, 2.24) is 10.2 Å². The summed E-state index contributed by atoms with van der Waals surface area (Å²) in [6.45, 7) is 8.29. The van der Waals surface area contributed by atoms with Gasteiger partial charge in [0.2, 0.25) is 0 Å². The lowest BCUT2D eigenvalue weighted by atomic mass is 9.85. The van der Waals surface area contributed by atoms with Gasteiger partial charge in [0, 0.05) is 12.6 Å². The van der Waals surface area contributed by atoms with Gasteiger partial charge in [-0.25, -0.2) is 0 Å². The van der Waals surface area contributed by atoms with Crippen molar-refractivity contribution in [3.63, 3.8) is 0 Å². The summed E-state index contributed by atoms with van der Waals surface area (Å²) in [7, 11) is 2.05. The molecule has 2 rings (SSSR count). The van der Waals surface area contributed by atoms with Crippen LogP contribution in [0.5, 0.6) is 0 Å². The SMILES string of the molecule is CNCC(c1ccccc1)N1CCCC(C)(C)CC1. The van der Waals surface area contributed by atoms with Crippen LogP contribution >= 0.6 is 0 Å². The van der Waals surface area contributed by atoms with E-state index in [1.165, 1.54) is 37.9 Å². The third-order valence-corrected chi connectivity index (χ3v) is 4.40. The summed E-state index contributed by atoms with van der Waals surface area (Å²) < 4.78 is 0. The molecule has 1 atom stereocenters. The number of likely N-dealkylation sites (N-methyl/N-ethyl adjacent to an activating group) is 1. The number of benzene rings is 1. The van der Waals surface area contributed by atoms with E-state index in [2.05, 4.69) is 61.4 Å². The van der Waals surface area contributed by atoms with Gasteiger partial charge in [0.25, 0.3) is 0 Å². The Morgan fingerprint density at radius 3 is 2.58 bits per heavy atom. The molecule has 0 amide bonds. The average Bonchev–Trinajstić information content (AvgIpc) is 2.58. The van der Waals surface area contributed by atoms with Gasteiger partial charge in [-0.3, -0.25) is 4.90 Å². The predicted molar refractivity (Wildman–Crippen MR) is 82.3 cm³/mol. The van der Waals surface area contributed by atoms with Gasteiger partial charge in [-0.05, 0) is 50.4 Å². The highest BCUT2D eigenvalue weighted by atomic mass is 15.2. The van der Waals surface area contributed by atoms with E-state index in [1.807, 2.05) is 0 Å². The van der Waals surface area contributed by atoms with Crippen molar-refractivity contribution >= 4 is 0 Å². The van der Waals surface area contributed by atoms with Gasteiger partial charge in [-0.1, -0.05) is 44.2 Å². The van der Waals surface area contributed by atoms with Gasteiger partial charge in [-0.15, -0.1) is 0 Å². The summed E-state index contributed by atoms with van der Waals surface area (Å²) in [5, 5.41) is 3.36. The standard InChI is InChI=1S/C17H28N2/c1-17(2)10-7-12-19(13-11-17)16(14-18-3)15-8-5-4-6-9-15/h4-6,8-9,16,18H,7,10-14H2,1-3H3. The Kier molecular flexibility index (Phi) is 5.00. The van der Waals surface area contributed by atoms with Crippen molar-refractivity contribution in [2.24, 2.45) is 5.41 Å². The lowest BCUT2D eigenvalue weighted by Gasteiger charge is -2.31. The molecule has 1 fully saturated rings. The molecule has 1 aliphatic heterocycles. The summed E-state index contributed by atoms with van der Waals surface area (Å²) in [5.41, 5.74) is 1.95. The van der Waals surface area contributed by atoms with Crippen LogP contribution in [-0.4, -0.2) is 31.6 Å². The van der Waals surface area contributed by atoms with Gasteiger partial charge in [0.15, 0.2) is 0 Å². The van der Waals surface area contributed by atoms with Crippen LogP contribution in [0.3, 0.4) is 0 Å². The Bertz CT molecular complexity index is 372. The van der Waals surface area contributed by atoms with E-state index < -0.39 is 0 Å². The molecule has 1 aliphatic rings. The fourth-order valence-corrected chi connectivity index (χ4v) is 3.08. The van der Waals surface area contributed by atoms with Crippen LogP contribution in [0.4, 0.5) is 0 Å². The van der Waals surface area contributed by atoms with Crippen LogP contribution in [0.1, 0.15) is 44.7 Å². The topological polar surface area (TPSA) is 15.3 Å². The molecule has 1 N–H and O–H groups in total. The minimum Gasteiger partial charge on any atom is -0.318 e. The molecule has 2 heteroatoms. The highest BCUT2D eigenvalue weighted by molar-refractivity contribution is 5.19. The molecular weight excluding hydrogens is 232 g/mol. The maximum absolute atomic E-state index is 3.36. The van der Waals surface area contributed by atoms with Crippen LogP contribution in [0.25, 0.3) is 0 Å². The van der Waals surface area contributed by atoms with Crippen LogP contribution < -0.4 is 5.32 Å². The Morgan fingerprint density at radius 2 is 1.89 bits per heavy atom. The predicted octanol–water partition coefficient (Wildman–Crippen LogP) is 3.46. The second-order valence-corrected chi connectivity index (χ2v) is 6.54. The molecule has 0 aliphatic carbocycles. The highest BCUT2D eigenvalue weighted by Crippen LogP contribution is 2.32. The quantitative estimate of drug-likeness (QED) is 0.892. The number of likely N-dealkylation sites (tertiary alicyclic amines) is 1. The highest BCUT2D eigenvalue weighted by Gasteiger charge is 2.27. The number of rotatable bonds is 4. The first-order valence-corrected chi connectivity index (χ1v) is 7.56. The summed E-state index contributed by atoms with van der Waals surface area (Å²) in [6.07, 6.45) is 3.98. The Morgan fingerprint density at radius 1 is 1.16 bits per heavy atom. The lowest BCUT2D eigenvalue weighted by Crippen LogP contribution is -2.36. The molecule has 0 aromatic heterocycles. The van der Waals surface area contributed by atoms with E-state index in [-0.39, 0.29) is 0 Å². The fraction of sp³-hybridized carbons (Fsp3) is 0.647. The zero-order valence-corrected chi connectivity index (χ0v) is 12.7. The summed E-state index contributed by atoms with van der Waals surface area (Å²) in [4.78, 5) is 2.67. The summed E-state index contributed by atoms with van der Waals surface area (Å²) in [6, 6.07) is 11.4. The monoisotopic (exact) mass is 260 g/mol. The van der Waals surface area contributed by atoms with Crippen molar-refractivity contribution in [3.8, 4) is 0 Å². The normalized spacial score (nSPS) is 21.8. The zero-order valence-electron chi connectivity index (χ0n) is 12.7. The molecule has 1 unspecified atom stereocenters. The first kappa shape index (κ1) is 14.5. The summed E-state index contributed by atoms with van der Waals surface area (Å²) >= 11 is 0.